The van der Waals surface area contributed by atoms with Gasteiger partial charge in [0.25, 0.3) is 0 Å². The van der Waals surface area contributed by atoms with Crippen molar-refractivity contribution in [2.45, 2.75) is 0 Å². The van der Waals surface area contributed by atoms with E-state index < -0.39 is 0 Å². The molecule has 0 aromatic heterocycles. The van der Waals surface area contributed by atoms with E-state index in [4.69, 9.17) is 18.0 Å². The summed E-state index contributed by atoms with van der Waals surface area (Å²) in [6, 6.07) is 10.8. The summed E-state index contributed by atoms with van der Waals surface area (Å²) in [6.07, 6.45) is 0. The predicted octanol–water partition coefficient (Wildman–Crippen LogP) is 2.20. The van der Waals surface area contributed by atoms with Gasteiger partial charge in [-0.25, -0.2) is 0 Å². The lowest BCUT2D eigenvalue weighted by Crippen LogP contribution is -2.18. The first-order valence-electron chi connectivity index (χ1n) is 4.45. The van der Waals surface area contributed by atoms with Crippen molar-refractivity contribution in [1.82, 2.24) is 0 Å². The van der Waals surface area contributed by atoms with Crippen LogP contribution in [0.3, 0.4) is 0 Å². The number of hydrogen-bond acceptors (Lipinski definition) is 2. The molecule has 0 bridgehead atoms. The van der Waals surface area contributed by atoms with Crippen LogP contribution in [-0.4, -0.2) is 10.2 Å². The zero-order valence-electron chi connectivity index (χ0n) is 7.90. The van der Waals surface area contributed by atoms with Gasteiger partial charge in [0.15, 0.2) is 5.11 Å². The molecule has 4 heteroatoms. The molecule has 76 valence electrons. The van der Waals surface area contributed by atoms with E-state index in [9.17, 15) is 5.11 Å². The highest BCUT2D eigenvalue weighted by molar-refractivity contribution is 7.80. The maximum absolute atomic E-state index is 9.33. The molecule has 4 N–H and O–H groups in total. The normalized spacial score (nSPS) is 10.1. The van der Waals surface area contributed by atoms with Crippen molar-refractivity contribution in [3.63, 3.8) is 0 Å². The van der Waals surface area contributed by atoms with Gasteiger partial charge in [-0.1, -0.05) is 12.1 Å². The predicted molar refractivity (Wildman–Crippen MR) is 66.0 cm³/mol. The highest BCUT2D eigenvalue weighted by atomic mass is 32.1. The third-order valence-corrected chi connectivity index (χ3v) is 2.22. The molecule has 0 heterocycles. The summed E-state index contributed by atoms with van der Waals surface area (Å²) in [5, 5.41) is 14.4. The molecule has 0 atom stereocenters. The number of phenolic OH excluding ortho intramolecular Hbond substituents is 1. The number of thiocarbonyl (C=S) groups is 1. The van der Waals surface area contributed by atoms with E-state index in [1.54, 1.807) is 12.1 Å². The molecule has 15 heavy (non-hydrogen) atoms. The van der Waals surface area contributed by atoms with Gasteiger partial charge in [-0.3, -0.25) is 0 Å². The van der Waals surface area contributed by atoms with Crippen LogP contribution in [0.25, 0.3) is 10.8 Å². The van der Waals surface area contributed by atoms with Gasteiger partial charge in [0.1, 0.15) is 5.75 Å². The number of rotatable bonds is 1. The van der Waals surface area contributed by atoms with E-state index in [1.165, 1.54) is 0 Å². The van der Waals surface area contributed by atoms with Gasteiger partial charge >= 0.3 is 0 Å². The Kier molecular flexibility index (Phi) is 2.43. The second-order valence-corrected chi connectivity index (χ2v) is 3.64. The fourth-order valence-corrected chi connectivity index (χ4v) is 1.62. The topological polar surface area (TPSA) is 58.3 Å². The van der Waals surface area contributed by atoms with E-state index in [1.807, 2.05) is 24.3 Å². The molecule has 2 rings (SSSR count). The molecule has 0 saturated heterocycles. The maximum atomic E-state index is 9.33. The Morgan fingerprint density at radius 1 is 1.27 bits per heavy atom. The van der Waals surface area contributed by atoms with E-state index in [-0.39, 0.29) is 10.9 Å². The standard InChI is InChI=1S/C11H10N2OS/c12-11(15)13-10-3-1-2-7-6-8(14)4-5-9(7)10/h1-6,14H,(H3,12,13,15). The maximum Gasteiger partial charge on any atom is 0.168 e. The SMILES string of the molecule is NC(=S)Nc1cccc2cc(O)ccc12. The van der Waals surface area contributed by atoms with Gasteiger partial charge in [0.2, 0.25) is 0 Å². The Hall–Kier alpha value is -1.81. The van der Waals surface area contributed by atoms with Crippen molar-refractivity contribution in [2.75, 3.05) is 5.32 Å². The van der Waals surface area contributed by atoms with E-state index >= 15 is 0 Å². The smallest absolute Gasteiger partial charge is 0.168 e. The molecule has 2 aromatic carbocycles. The Bertz CT molecular complexity index is 525. The third-order valence-electron chi connectivity index (χ3n) is 2.12. The summed E-state index contributed by atoms with van der Waals surface area (Å²) in [7, 11) is 0. The molecule has 0 aliphatic heterocycles. The minimum atomic E-state index is 0.232. The first-order chi connectivity index (χ1) is 7.16. The van der Waals surface area contributed by atoms with Crippen molar-refractivity contribution in [3.05, 3.63) is 36.4 Å². The van der Waals surface area contributed by atoms with Crippen LogP contribution >= 0.6 is 12.2 Å². The van der Waals surface area contributed by atoms with Crippen LogP contribution in [0, 0.1) is 0 Å². The fourth-order valence-electron chi connectivity index (χ4n) is 1.51. The van der Waals surface area contributed by atoms with Crippen LogP contribution in [-0.2, 0) is 0 Å². The molecule has 0 amide bonds. The Morgan fingerprint density at radius 2 is 2.07 bits per heavy atom. The molecule has 3 nitrogen and oxygen atoms in total. The molecule has 0 fully saturated rings. The van der Waals surface area contributed by atoms with Gasteiger partial charge in [-0.2, -0.15) is 0 Å². The van der Waals surface area contributed by atoms with E-state index in [0.717, 1.165) is 16.5 Å². The van der Waals surface area contributed by atoms with Gasteiger partial charge in [-0.15, -0.1) is 0 Å². The van der Waals surface area contributed by atoms with Crippen LogP contribution in [0.5, 0.6) is 5.75 Å². The van der Waals surface area contributed by atoms with Crippen LogP contribution in [0.15, 0.2) is 36.4 Å². The van der Waals surface area contributed by atoms with Crippen molar-refractivity contribution in [3.8, 4) is 5.75 Å². The molecule has 0 aliphatic carbocycles. The second kappa shape index (κ2) is 3.74. The molecular weight excluding hydrogens is 208 g/mol. The Morgan fingerprint density at radius 3 is 2.80 bits per heavy atom. The molecule has 0 unspecified atom stereocenters. The van der Waals surface area contributed by atoms with Crippen LogP contribution < -0.4 is 11.1 Å². The number of phenols is 1. The number of anilines is 1. The van der Waals surface area contributed by atoms with Gasteiger partial charge in [0, 0.05) is 11.1 Å². The number of nitrogens with one attached hydrogen (secondary N) is 1. The van der Waals surface area contributed by atoms with Crippen molar-refractivity contribution in [1.29, 1.82) is 0 Å². The van der Waals surface area contributed by atoms with Crippen LogP contribution in [0.2, 0.25) is 0 Å². The molecule has 2 aromatic rings. The average Bonchev–Trinajstić information content (AvgIpc) is 2.16. The largest absolute Gasteiger partial charge is 0.508 e. The van der Waals surface area contributed by atoms with Crippen LogP contribution in [0.4, 0.5) is 5.69 Å². The van der Waals surface area contributed by atoms with Gasteiger partial charge in [0.05, 0.1) is 0 Å². The molecule has 0 aliphatic rings. The number of nitrogens with two attached hydrogens (primary N) is 1. The summed E-state index contributed by atoms with van der Waals surface area (Å²) >= 11 is 4.78. The first-order valence-corrected chi connectivity index (χ1v) is 4.86. The summed E-state index contributed by atoms with van der Waals surface area (Å²) in [5.41, 5.74) is 6.26. The minimum absolute atomic E-state index is 0.232. The molecule has 0 radical (unpaired) electrons. The van der Waals surface area contributed by atoms with Gasteiger partial charge < -0.3 is 16.2 Å². The zero-order valence-corrected chi connectivity index (χ0v) is 8.71. The monoisotopic (exact) mass is 218 g/mol. The van der Waals surface area contributed by atoms with Crippen molar-refractivity contribution >= 4 is 33.8 Å². The first kappa shape index (κ1) is 9.73. The molecule has 0 spiro atoms. The molecule has 0 saturated carbocycles. The number of hydrogen-bond donors (Lipinski definition) is 3. The Labute approximate surface area is 92.5 Å². The minimum Gasteiger partial charge on any atom is -0.508 e. The quantitative estimate of drug-likeness (QED) is 0.642. The highest BCUT2D eigenvalue weighted by Crippen LogP contribution is 2.26. The average molecular weight is 218 g/mol. The summed E-state index contributed by atoms with van der Waals surface area (Å²) in [5.74, 6) is 0.245. The van der Waals surface area contributed by atoms with Crippen LogP contribution in [0.1, 0.15) is 0 Å². The zero-order chi connectivity index (χ0) is 10.8. The number of aromatic hydroxyl groups is 1. The Balaban J connectivity index is 2.60. The lowest BCUT2D eigenvalue weighted by atomic mass is 10.1. The number of fused-ring (bicyclic) bond motifs is 1. The van der Waals surface area contributed by atoms with E-state index in [0.29, 0.717) is 0 Å². The van der Waals surface area contributed by atoms with Crippen molar-refractivity contribution < 1.29 is 5.11 Å². The number of benzene rings is 2. The van der Waals surface area contributed by atoms with Gasteiger partial charge in [-0.05, 0) is 41.9 Å². The van der Waals surface area contributed by atoms with E-state index in [2.05, 4.69) is 5.32 Å². The summed E-state index contributed by atoms with van der Waals surface area (Å²) < 4.78 is 0. The summed E-state index contributed by atoms with van der Waals surface area (Å²) in [4.78, 5) is 0. The highest BCUT2D eigenvalue weighted by Gasteiger charge is 2.01. The molecular formula is C11H10N2OS. The third kappa shape index (κ3) is 1.99. The second-order valence-electron chi connectivity index (χ2n) is 3.20. The van der Waals surface area contributed by atoms with Crippen molar-refractivity contribution in [2.24, 2.45) is 5.73 Å². The lowest BCUT2D eigenvalue weighted by Gasteiger charge is -2.07. The fraction of sp³-hybridized carbons (Fsp3) is 0. The lowest BCUT2D eigenvalue weighted by molar-refractivity contribution is 0.476. The summed E-state index contributed by atoms with van der Waals surface area (Å²) in [6.45, 7) is 0.